The van der Waals surface area contributed by atoms with Crippen molar-refractivity contribution < 1.29 is 4.79 Å². The van der Waals surface area contributed by atoms with Crippen molar-refractivity contribution in [3.63, 3.8) is 0 Å². The second-order valence-electron chi connectivity index (χ2n) is 8.13. The summed E-state index contributed by atoms with van der Waals surface area (Å²) in [7, 11) is 0. The summed E-state index contributed by atoms with van der Waals surface area (Å²) >= 11 is 1.58. The van der Waals surface area contributed by atoms with Crippen LogP contribution in [0.3, 0.4) is 0 Å². The fraction of sp³-hybridized carbons (Fsp3) is 0.280. The van der Waals surface area contributed by atoms with Crippen LogP contribution in [0.5, 0.6) is 0 Å². The van der Waals surface area contributed by atoms with Crippen molar-refractivity contribution in [2.24, 2.45) is 0 Å². The number of aryl methyl sites for hydroxylation is 1. The third-order valence-corrected chi connectivity index (χ3v) is 6.97. The van der Waals surface area contributed by atoms with Crippen LogP contribution < -0.4 is 4.90 Å². The molecule has 3 heterocycles. The van der Waals surface area contributed by atoms with Crippen LogP contribution in [0.2, 0.25) is 0 Å². The Bertz CT molecular complexity index is 1260. The van der Waals surface area contributed by atoms with Gasteiger partial charge in [-0.25, -0.2) is 15.0 Å². The summed E-state index contributed by atoms with van der Waals surface area (Å²) in [4.78, 5) is 32.7. The SMILES string of the molecule is Cc1nc(C(=O)N2CCN(c3ncc4ccccc4n3)CC[C@@H]2C)c(-c2ccccc2)s1. The van der Waals surface area contributed by atoms with Gasteiger partial charge in [-0.15, -0.1) is 11.3 Å². The van der Waals surface area contributed by atoms with Gasteiger partial charge in [-0.05, 0) is 31.9 Å². The van der Waals surface area contributed by atoms with Gasteiger partial charge in [0.2, 0.25) is 5.95 Å². The molecule has 6 nitrogen and oxygen atoms in total. The van der Waals surface area contributed by atoms with Gasteiger partial charge in [-0.1, -0.05) is 48.5 Å². The highest BCUT2D eigenvalue weighted by atomic mass is 32.1. The first kappa shape index (κ1) is 20.6. The van der Waals surface area contributed by atoms with Crippen LogP contribution in [0.4, 0.5) is 5.95 Å². The Kier molecular flexibility index (Phi) is 5.57. The zero-order chi connectivity index (χ0) is 22.1. The van der Waals surface area contributed by atoms with Crippen molar-refractivity contribution in [3.05, 3.63) is 71.5 Å². The predicted molar refractivity (Wildman–Crippen MR) is 129 cm³/mol. The summed E-state index contributed by atoms with van der Waals surface area (Å²) in [6, 6.07) is 18.2. The molecule has 0 aliphatic carbocycles. The van der Waals surface area contributed by atoms with Gasteiger partial charge >= 0.3 is 0 Å². The first-order valence-corrected chi connectivity index (χ1v) is 11.7. The minimum Gasteiger partial charge on any atom is -0.339 e. The fourth-order valence-corrected chi connectivity index (χ4v) is 5.08. The zero-order valence-corrected chi connectivity index (χ0v) is 19.0. The zero-order valence-electron chi connectivity index (χ0n) is 18.2. The monoisotopic (exact) mass is 443 g/mol. The summed E-state index contributed by atoms with van der Waals surface area (Å²) in [5.74, 6) is 0.724. The number of para-hydroxylation sites is 1. The lowest BCUT2D eigenvalue weighted by Gasteiger charge is -2.26. The number of carbonyl (C=O) groups is 1. The molecule has 1 aliphatic heterocycles. The Morgan fingerprint density at radius 2 is 1.78 bits per heavy atom. The van der Waals surface area contributed by atoms with Crippen molar-refractivity contribution in [2.45, 2.75) is 26.3 Å². The van der Waals surface area contributed by atoms with Gasteiger partial charge in [0, 0.05) is 37.3 Å². The van der Waals surface area contributed by atoms with Crippen molar-refractivity contribution in [1.82, 2.24) is 19.9 Å². The van der Waals surface area contributed by atoms with Crippen LogP contribution in [-0.2, 0) is 0 Å². The Morgan fingerprint density at radius 3 is 2.62 bits per heavy atom. The Morgan fingerprint density at radius 1 is 1.00 bits per heavy atom. The molecule has 0 saturated carbocycles. The molecule has 2 aromatic carbocycles. The third-order valence-electron chi connectivity index (χ3n) is 5.95. The summed E-state index contributed by atoms with van der Waals surface area (Å²) in [5.41, 5.74) is 2.53. The molecule has 0 unspecified atom stereocenters. The van der Waals surface area contributed by atoms with Gasteiger partial charge in [0.15, 0.2) is 0 Å². The number of aromatic nitrogens is 3. The minimum absolute atomic E-state index is 0.00184. The van der Waals surface area contributed by atoms with Crippen LogP contribution in [0.15, 0.2) is 60.8 Å². The second-order valence-corrected chi connectivity index (χ2v) is 9.33. The average molecular weight is 444 g/mol. The maximum atomic E-state index is 13.6. The van der Waals surface area contributed by atoms with E-state index < -0.39 is 0 Å². The maximum Gasteiger partial charge on any atom is 0.274 e. The number of anilines is 1. The van der Waals surface area contributed by atoms with Crippen molar-refractivity contribution >= 4 is 34.1 Å². The molecule has 1 saturated heterocycles. The quantitative estimate of drug-likeness (QED) is 0.455. The molecule has 0 N–H and O–H groups in total. The van der Waals surface area contributed by atoms with E-state index in [1.807, 2.05) is 72.6 Å². The fourth-order valence-electron chi connectivity index (χ4n) is 4.17. The number of amides is 1. The molecule has 0 spiro atoms. The van der Waals surface area contributed by atoms with E-state index >= 15 is 0 Å². The number of rotatable bonds is 3. The molecular weight excluding hydrogens is 418 g/mol. The minimum atomic E-state index is 0.00184. The lowest BCUT2D eigenvalue weighted by molar-refractivity contribution is 0.0700. The van der Waals surface area contributed by atoms with E-state index in [0.717, 1.165) is 45.3 Å². The van der Waals surface area contributed by atoms with Gasteiger partial charge in [-0.3, -0.25) is 4.79 Å². The topological polar surface area (TPSA) is 62.2 Å². The largest absolute Gasteiger partial charge is 0.339 e. The number of hydrogen-bond donors (Lipinski definition) is 0. The molecule has 7 heteroatoms. The van der Waals surface area contributed by atoms with Crippen LogP contribution in [0.25, 0.3) is 21.3 Å². The number of hydrogen-bond acceptors (Lipinski definition) is 6. The normalized spacial score (nSPS) is 16.9. The smallest absolute Gasteiger partial charge is 0.274 e. The lowest BCUT2D eigenvalue weighted by atomic mass is 10.1. The highest BCUT2D eigenvalue weighted by Crippen LogP contribution is 2.31. The highest BCUT2D eigenvalue weighted by molar-refractivity contribution is 7.15. The average Bonchev–Trinajstić information content (AvgIpc) is 3.11. The van der Waals surface area contributed by atoms with E-state index in [1.54, 1.807) is 11.3 Å². The van der Waals surface area contributed by atoms with Gasteiger partial charge in [0.25, 0.3) is 5.91 Å². The molecule has 0 bridgehead atoms. The second kappa shape index (κ2) is 8.67. The van der Waals surface area contributed by atoms with E-state index in [2.05, 4.69) is 21.8 Å². The van der Waals surface area contributed by atoms with E-state index in [0.29, 0.717) is 18.8 Å². The van der Waals surface area contributed by atoms with E-state index in [9.17, 15) is 4.79 Å². The summed E-state index contributed by atoms with van der Waals surface area (Å²) in [6.45, 7) is 6.19. The van der Waals surface area contributed by atoms with Crippen LogP contribution in [-0.4, -0.2) is 51.4 Å². The summed E-state index contributed by atoms with van der Waals surface area (Å²) in [6.07, 6.45) is 2.73. The first-order valence-electron chi connectivity index (χ1n) is 10.9. The standard InChI is InChI=1S/C25H25N5OS/c1-17-12-13-29(25-26-16-20-10-6-7-11-21(20)28-25)14-15-30(17)24(31)22-23(32-18(2)27-22)19-8-4-3-5-9-19/h3-11,16-17H,12-15H2,1-2H3/t17-/m0/s1. The van der Waals surface area contributed by atoms with Gasteiger partial charge < -0.3 is 9.80 Å². The van der Waals surface area contributed by atoms with E-state index in [1.165, 1.54) is 0 Å². The molecule has 1 amide bonds. The molecule has 162 valence electrons. The predicted octanol–water partition coefficient (Wildman–Crippen LogP) is 4.80. The molecule has 4 aromatic rings. The van der Waals surface area contributed by atoms with Crippen LogP contribution in [0, 0.1) is 6.92 Å². The Labute approximate surface area is 191 Å². The molecule has 1 atom stereocenters. The number of fused-ring (bicyclic) bond motifs is 1. The molecule has 1 fully saturated rings. The van der Waals surface area contributed by atoms with E-state index in [4.69, 9.17) is 4.98 Å². The van der Waals surface area contributed by atoms with Gasteiger partial charge in [0.05, 0.1) is 15.4 Å². The molecule has 1 aliphatic rings. The summed E-state index contributed by atoms with van der Waals surface area (Å²) in [5, 5.41) is 1.93. The van der Waals surface area contributed by atoms with E-state index in [-0.39, 0.29) is 11.9 Å². The molecular formula is C25H25N5OS. The Hall–Kier alpha value is -3.32. The number of carbonyl (C=O) groups excluding carboxylic acids is 1. The highest BCUT2D eigenvalue weighted by Gasteiger charge is 2.30. The first-order chi connectivity index (χ1) is 15.6. The number of nitrogens with zero attached hydrogens (tertiary/aromatic N) is 5. The van der Waals surface area contributed by atoms with Gasteiger partial charge in [0.1, 0.15) is 5.69 Å². The Balaban J connectivity index is 1.39. The molecule has 2 aromatic heterocycles. The lowest BCUT2D eigenvalue weighted by Crippen LogP contribution is -2.40. The molecule has 5 rings (SSSR count). The van der Waals surface area contributed by atoms with Gasteiger partial charge in [-0.2, -0.15) is 0 Å². The van der Waals surface area contributed by atoms with Crippen molar-refractivity contribution in [1.29, 1.82) is 0 Å². The summed E-state index contributed by atoms with van der Waals surface area (Å²) < 4.78 is 0. The molecule has 0 radical (unpaired) electrons. The van der Waals surface area contributed by atoms with Crippen LogP contribution in [0.1, 0.15) is 28.8 Å². The molecule has 32 heavy (non-hydrogen) atoms. The number of benzene rings is 2. The maximum absolute atomic E-state index is 13.6. The van der Waals surface area contributed by atoms with Crippen molar-refractivity contribution in [2.75, 3.05) is 24.5 Å². The third kappa shape index (κ3) is 3.96. The van der Waals surface area contributed by atoms with Crippen molar-refractivity contribution in [3.8, 4) is 10.4 Å². The number of thiazole rings is 1. The van der Waals surface area contributed by atoms with Crippen LogP contribution >= 0.6 is 11.3 Å².